The number of aliphatic hydroxyl groups excluding tert-OH is 1. The van der Waals surface area contributed by atoms with Crippen LogP contribution in [-0.2, 0) is 4.79 Å². The first kappa shape index (κ1) is 17.1. The maximum atomic E-state index is 12.2. The fourth-order valence-corrected chi connectivity index (χ4v) is 8.24. The molecule has 0 radical (unpaired) electrons. The van der Waals surface area contributed by atoms with Gasteiger partial charge in [0.15, 0.2) is 0 Å². The van der Waals surface area contributed by atoms with E-state index in [0.29, 0.717) is 18.3 Å². The summed E-state index contributed by atoms with van der Waals surface area (Å²) in [5.41, 5.74) is 0.462. The van der Waals surface area contributed by atoms with Gasteiger partial charge in [0.05, 0.1) is 0 Å². The van der Waals surface area contributed by atoms with Gasteiger partial charge in [0, 0.05) is 12.5 Å². The predicted molar refractivity (Wildman–Crippen MR) is 96.5 cm³/mol. The molecule has 2 heteroatoms. The molecule has 0 bridgehead atoms. The van der Waals surface area contributed by atoms with Gasteiger partial charge in [0.1, 0.15) is 5.78 Å². The highest BCUT2D eigenvalue weighted by Gasteiger charge is 2.61. The number of hydrogen-bond donors (Lipinski definition) is 1. The predicted octanol–water partition coefficient (Wildman–Crippen LogP) is 4.84. The summed E-state index contributed by atoms with van der Waals surface area (Å²) in [5.74, 6) is 4.54. The minimum atomic E-state index is 0.213. The van der Waals surface area contributed by atoms with E-state index in [2.05, 4.69) is 13.8 Å². The summed E-state index contributed by atoms with van der Waals surface area (Å²) in [4.78, 5) is 12.2. The van der Waals surface area contributed by atoms with Crippen molar-refractivity contribution in [3.05, 3.63) is 0 Å². The van der Waals surface area contributed by atoms with Gasteiger partial charge < -0.3 is 5.11 Å². The summed E-state index contributed by atoms with van der Waals surface area (Å²) in [6, 6.07) is 0. The first-order chi connectivity index (χ1) is 11.4. The number of aliphatic hydroxyl groups is 1. The average Bonchev–Trinajstić information content (AvgIpc) is 2.91. The van der Waals surface area contributed by atoms with E-state index in [0.717, 1.165) is 36.0 Å². The zero-order chi connectivity index (χ0) is 17.1. The first-order valence-electron chi connectivity index (χ1n) is 10.5. The van der Waals surface area contributed by atoms with Crippen LogP contribution in [0.4, 0.5) is 0 Å². The van der Waals surface area contributed by atoms with Gasteiger partial charge in [0.25, 0.3) is 0 Å². The van der Waals surface area contributed by atoms with Crippen LogP contribution in [0.15, 0.2) is 0 Å². The van der Waals surface area contributed by atoms with Crippen LogP contribution in [0.3, 0.4) is 0 Å². The number of rotatable bonds is 2. The monoisotopic (exact) mass is 332 g/mol. The number of Topliss-reactive ketones (excluding diaryl/α,β-unsaturated/α-hetero) is 1. The molecular formula is C22H36O2. The van der Waals surface area contributed by atoms with Gasteiger partial charge in [-0.2, -0.15) is 0 Å². The Kier molecular flexibility index (Phi) is 4.14. The second-order valence-corrected chi connectivity index (χ2v) is 10.2. The van der Waals surface area contributed by atoms with Crippen LogP contribution in [-0.4, -0.2) is 17.5 Å². The lowest BCUT2D eigenvalue weighted by atomic mass is 9.44. The molecule has 4 saturated carbocycles. The molecule has 8 unspecified atom stereocenters. The fraction of sp³-hybridized carbons (Fsp3) is 0.955. The zero-order valence-corrected chi connectivity index (χ0v) is 15.9. The van der Waals surface area contributed by atoms with Crippen LogP contribution in [0.1, 0.15) is 78.6 Å². The molecule has 0 heterocycles. The van der Waals surface area contributed by atoms with Crippen LogP contribution < -0.4 is 0 Å². The molecule has 4 aliphatic rings. The molecule has 8 atom stereocenters. The van der Waals surface area contributed by atoms with E-state index in [1.807, 2.05) is 6.92 Å². The van der Waals surface area contributed by atoms with E-state index in [9.17, 15) is 9.90 Å². The first-order valence-corrected chi connectivity index (χ1v) is 10.5. The Hall–Kier alpha value is -0.370. The van der Waals surface area contributed by atoms with Gasteiger partial charge in [-0.3, -0.25) is 4.79 Å². The van der Waals surface area contributed by atoms with E-state index < -0.39 is 0 Å². The molecule has 24 heavy (non-hydrogen) atoms. The Labute approximate surface area is 147 Å². The van der Waals surface area contributed by atoms with E-state index in [1.165, 1.54) is 51.4 Å². The smallest absolute Gasteiger partial charge is 0.133 e. The zero-order valence-electron chi connectivity index (χ0n) is 15.9. The lowest BCUT2D eigenvalue weighted by molar-refractivity contribution is -0.150. The Morgan fingerprint density at radius 2 is 1.83 bits per heavy atom. The van der Waals surface area contributed by atoms with Crippen molar-refractivity contribution in [3.63, 3.8) is 0 Å². The van der Waals surface area contributed by atoms with Gasteiger partial charge in [-0.05, 0) is 98.7 Å². The summed E-state index contributed by atoms with van der Waals surface area (Å²) >= 11 is 0. The third-order valence-corrected chi connectivity index (χ3v) is 9.41. The van der Waals surface area contributed by atoms with Crippen LogP contribution >= 0.6 is 0 Å². The van der Waals surface area contributed by atoms with Crippen LogP contribution in [0.2, 0.25) is 0 Å². The quantitative estimate of drug-likeness (QED) is 0.785. The summed E-state index contributed by atoms with van der Waals surface area (Å²) in [6.45, 7) is 7.05. The standard InChI is InChI=1S/C22H36O2/c1-14-8-11-22(13-23)16(12-14)4-5-17-19-7-6-18(15(2)24)21(19,3)10-9-20(17)22/h14,16-20,23H,4-13H2,1-3H3. The van der Waals surface area contributed by atoms with Crippen molar-refractivity contribution in [1.82, 2.24) is 0 Å². The Morgan fingerprint density at radius 3 is 2.54 bits per heavy atom. The minimum Gasteiger partial charge on any atom is -0.396 e. The number of carbonyl (C=O) groups is 1. The van der Waals surface area contributed by atoms with Crippen LogP contribution in [0.25, 0.3) is 0 Å². The maximum Gasteiger partial charge on any atom is 0.133 e. The second kappa shape index (κ2) is 5.83. The molecule has 1 N–H and O–H groups in total. The SMILES string of the molecule is CC(=O)C1CCC2C3CCC4CC(C)CCC4(CO)C3CCC12C. The van der Waals surface area contributed by atoms with Crippen LogP contribution in [0.5, 0.6) is 0 Å². The molecule has 0 aromatic rings. The van der Waals surface area contributed by atoms with Gasteiger partial charge in [0.2, 0.25) is 0 Å². The van der Waals surface area contributed by atoms with Crippen molar-refractivity contribution in [2.45, 2.75) is 78.6 Å². The molecule has 0 spiro atoms. The summed E-state index contributed by atoms with van der Waals surface area (Å²) < 4.78 is 0. The number of hydrogen-bond acceptors (Lipinski definition) is 2. The van der Waals surface area contributed by atoms with Gasteiger partial charge >= 0.3 is 0 Å². The topological polar surface area (TPSA) is 37.3 Å². The number of fused-ring (bicyclic) bond motifs is 5. The Morgan fingerprint density at radius 1 is 1.04 bits per heavy atom. The third kappa shape index (κ3) is 2.20. The number of carbonyl (C=O) groups excluding carboxylic acids is 1. The van der Waals surface area contributed by atoms with Crippen molar-refractivity contribution < 1.29 is 9.90 Å². The lowest BCUT2D eigenvalue weighted by Crippen LogP contribution is -2.56. The fourth-order valence-electron chi connectivity index (χ4n) is 8.24. The molecule has 0 aromatic heterocycles. The maximum absolute atomic E-state index is 12.2. The highest BCUT2D eigenvalue weighted by atomic mass is 16.3. The van der Waals surface area contributed by atoms with Crippen LogP contribution in [0, 0.1) is 46.3 Å². The third-order valence-electron chi connectivity index (χ3n) is 9.41. The highest BCUT2D eigenvalue weighted by molar-refractivity contribution is 5.79. The lowest BCUT2D eigenvalue weighted by Gasteiger charge is -2.61. The van der Waals surface area contributed by atoms with E-state index in [1.54, 1.807) is 0 Å². The molecule has 0 amide bonds. The Balaban J connectivity index is 1.64. The number of ketones is 1. The summed E-state index contributed by atoms with van der Waals surface area (Å²) in [5, 5.41) is 10.5. The van der Waals surface area contributed by atoms with E-state index in [-0.39, 0.29) is 10.8 Å². The van der Waals surface area contributed by atoms with Crippen molar-refractivity contribution in [2.75, 3.05) is 6.61 Å². The largest absolute Gasteiger partial charge is 0.396 e. The molecule has 0 aliphatic heterocycles. The average molecular weight is 333 g/mol. The van der Waals surface area contributed by atoms with E-state index >= 15 is 0 Å². The Bertz CT molecular complexity index is 514. The molecule has 0 aromatic carbocycles. The molecule has 2 nitrogen and oxygen atoms in total. The minimum absolute atomic E-state index is 0.213. The molecule has 4 rings (SSSR count). The van der Waals surface area contributed by atoms with Gasteiger partial charge in [-0.25, -0.2) is 0 Å². The van der Waals surface area contributed by atoms with Crippen molar-refractivity contribution in [2.24, 2.45) is 46.3 Å². The normalized spacial score (nSPS) is 53.8. The summed E-state index contributed by atoms with van der Waals surface area (Å²) in [6.07, 6.45) is 11.4. The molecule has 4 aliphatic carbocycles. The second-order valence-electron chi connectivity index (χ2n) is 10.2. The highest BCUT2D eigenvalue weighted by Crippen LogP contribution is 2.67. The van der Waals surface area contributed by atoms with Gasteiger partial charge in [-0.15, -0.1) is 0 Å². The molecule has 0 saturated heterocycles. The molecule has 136 valence electrons. The van der Waals surface area contributed by atoms with Crippen molar-refractivity contribution >= 4 is 5.78 Å². The van der Waals surface area contributed by atoms with E-state index in [4.69, 9.17) is 0 Å². The van der Waals surface area contributed by atoms with Gasteiger partial charge in [-0.1, -0.05) is 20.3 Å². The summed E-state index contributed by atoms with van der Waals surface area (Å²) in [7, 11) is 0. The molecular weight excluding hydrogens is 296 g/mol. The molecule has 4 fully saturated rings. The van der Waals surface area contributed by atoms with Crippen molar-refractivity contribution in [3.8, 4) is 0 Å². The van der Waals surface area contributed by atoms with Crippen molar-refractivity contribution in [1.29, 1.82) is 0 Å².